The molecule has 0 aliphatic heterocycles. The van der Waals surface area contributed by atoms with Crippen LogP contribution in [-0.2, 0) is 11.2 Å². The summed E-state index contributed by atoms with van der Waals surface area (Å²) in [5.41, 5.74) is 9.12. The Morgan fingerprint density at radius 1 is 0.970 bits per heavy atom. The second-order valence-electron chi connectivity index (χ2n) is 7.28. The van der Waals surface area contributed by atoms with E-state index in [1.165, 1.54) is 0 Å². The number of nitrogens with one attached hydrogen (secondary N) is 1. The highest BCUT2D eigenvalue weighted by Gasteiger charge is 2.17. The maximum absolute atomic E-state index is 12.1. The van der Waals surface area contributed by atoms with Gasteiger partial charge in [-0.1, -0.05) is 50.2 Å². The van der Waals surface area contributed by atoms with Gasteiger partial charge >= 0.3 is 0 Å². The van der Waals surface area contributed by atoms with Gasteiger partial charge in [-0.15, -0.1) is 0 Å². The van der Waals surface area contributed by atoms with Crippen LogP contribution in [0.2, 0.25) is 0 Å². The third-order valence-corrected chi connectivity index (χ3v) is 5.08. The number of aliphatic hydroxyl groups excluding tert-OH is 1. The molecule has 4 rings (SSSR count). The summed E-state index contributed by atoms with van der Waals surface area (Å²) >= 11 is 0. The molecular formula is C27H31N3O3. The van der Waals surface area contributed by atoms with Crippen LogP contribution in [0, 0.1) is 0 Å². The SMILES string of the molecule is CC.NC(Cc1cn(-c2ccc(Oc3ccccc3)cc2)c2ccccc12)C(=O)NCCO. The molecule has 4 aromatic rings. The van der Waals surface area contributed by atoms with Crippen molar-refractivity contribution in [3.05, 3.63) is 90.6 Å². The minimum atomic E-state index is -0.688. The van der Waals surface area contributed by atoms with Gasteiger partial charge in [-0.3, -0.25) is 4.79 Å². The Bertz CT molecular complexity index is 1150. The Hall–Kier alpha value is -3.61. The van der Waals surface area contributed by atoms with Crippen LogP contribution in [0.1, 0.15) is 19.4 Å². The summed E-state index contributed by atoms with van der Waals surface area (Å²) in [6.07, 6.45) is 2.43. The standard InChI is InChI=1S/C25H25N3O3.C2H6/c26-23(25(30)27-14-15-29)16-18-17-28(24-9-5-4-8-22(18)24)19-10-12-21(13-11-19)31-20-6-2-1-3-7-20;1-2/h1-13,17,23,29H,14-16,26H2,(H,27,30);1-2H3. The van der Waals surface area contributed by atoms with Crippen LogP contribution < -0.4 is 15.8 Å². The predicted octanol–water partition coefficient (Wildman–Crippen LogP) is 4.43. The summed E-state index contributed by atoms with van der Waals surface area (Å²) in [6.45, 7) is 4.09. The van der Waals surface area contributed by atoms with Gasteiger partial charge in [-0.25, -0.2) is 0 Å². The number of hydrogen-bond acceptors (Lipinski definition) is 4. The van der Waals surface area contributed by atoms with Crippen LogP contribution in [0.5, 0.6) is 11.5 Å². The maximum atomic E-state index is 12.1. The topological polar surface area (TPSA) is 89.5 Å². The molecule has 3 aromatic carbocycles. The summed E-state index contributed by atoms with van der Waals surface area (Å²) in [4.78, 5) is 12.1. The van der Waals surface area contributed by atoms with Gasteiger partial charge in [0.2, 0.25) is 5.91 Å². The summed E-state index contributed by atoms with van der Waals surface area (Å²) in [5, 5.41) is 12.6. The van der Waals surface area contributed by atoms with E-state index < -0.39 is 6.04 Å². The first kappa shape index (κ1) is 24.0. The number of carbonyl (C=O) groups excluding carboxylic acids is 1. The fourth-order valence-corrected chi connectivity index (χ4v) is 3.57. The predicted molar refractivity (Wildman–Crippen MR) is 133 cm³/mol. The highest BCUT2D eigenvalue weighted by Crippen LogP contribution is 2.28. The quantitative estimate of drug-likeness (QED) is 0.374. The van der Waals surface area contributed by atoms with Gasteiger partial charge in [-0.2, -0.15) is 0 Å². The number of rotatable bonds is 8. The van der Waals surface area contributed by atoms with E-state index in [1.807, 2.05) is 98.9 Å². The first-order chi connectivity index (χ1) is 16.2. The van der Waals surface area contributed by atoms with Crippen LogP contribution in [0.15, 0.2) is 85.1 Å². The Balaban J connectivity index is 0.00000149. The Kier molecular flexibility index (Phi) is 8.63. The second kappa shape index (κ2) is 11.9. The number of nitrogens with two attached hydrogens (primary N) is 1. The first-order valence-corrected chi connectivity index (χ1v) is 11.2. The second-order valence-corrected chi connectivity index (χ2v) is 7.28. The molecular weight excluding hydrogens is 414 g/mol. The molecule has 172 valence electrons. The van der Waals surface area contributed by atoms with E-state index in [2.05, 4.69) is 9.88 Å². The number of benzene rings is 3. The summed E-state index contributed by atoms with van der Waals surface area (Å²) in [5.74, 6) is 1.28. The molecule has 0 spiro atoms. The van der Waals surface area contributed by atoms with Crippen molar-refractivity contribution in [2.24, 2.45) is 5.73 Å². The lowest BCUT2D eigenvalue weighted by Gasteiger charge is -2.11. The Morgan fingerprint density at radius 3 is 2.30 bits per heavy atom. The minimum Gasteiger partial charge on any atom is -0.457 e. The third kappa shape index (κ3) is 6.00. The molecule has 6 heteroatoms. The van der Waals surface area contributed by atoms with Crippen molar-refractivity contribution in [1.82, 2.24) is 9.88 Å². The molecule has 1 unspecified atom stereocenters. The highest BCUT2D eigenvalue weighted by molar-refractivity contribution is 5.87. The van der Waals surface area contributed by atoms with E-state index >= 15 is 0 Å². The molecule has 0 fully saturated rings. The third-order valence-electron chi connectivity index (χ3n) is 5.08. The molecule has 0 saturated heterocycles. The highest BCUT2D eigenvalue weighted by atomic mass is 16.5. The molecule has 4 N–H and O–H groups in total. The van der Waals surface area contributed by atoms with Crippen molar-refractivity contribution < 1.29 is 14.6 Å². The van der Waals surface area contributed by atoms with Crippen molar-refractivity contribution >= 4 is 16.8 Å². The first-order valence-electron chi connectivity index (χ1n) is 11.2. The number of nitrogens with zero attached hydrogens (tertiary/aromatic N) is 1. The number of ether oxygens (including phenoxy) is 1. The van der Waals surface area contributed by atoms with Gasteiger partial charge in [0.05, 0.1) is 18.2 Å². The smallest absolute Gasteiger partial charge is 0.237 e. The molecule has 0 bridgehead atoms. The van der Waals surface area contributed by atoms with Crippen LogP contribution in [0.25, 0.3) is 16.6 Å². The summed E-state index contributed by atoms with van der Waals surface area (Å²) in [6, 6.07) is 24.9. The number of fused-ring (bicyclic) bond motifs is 1. The van der Waals surface area contributed by atoms with Gasteiger partial charge in [0, 0.05) is 23.8 Å². The van der Waals surface area contributed by atoms with Gasteiger partial charge in [0.15, 0.2) is 0 Å². The molecule has 1 aromatic heterocycles. The zero-order valence-electron chi connectivity index (χ0n) is 19.1. The fourth-order valence-electron chi connectivity index (χ4n) is 3.57. The number of aromatic nitrogens is 1. The lowest BCUT2D eigenvalue weighted by atomic mass is 10.1. The monoisotopic (exact) mass is 445 g/mol. The van der Waals surface area contributed by atoms with Crippen LogP contribution >= 0.6 is 0 Å². The van der Waals surface area contributed by atoms with Gasteiger partial charge < -0.3 is 25.5 Å². The van der Waals surface area contributed by atoms with E-state index in [4.69, 9.17) is 15.6 Å². The number of carbonyl (C=O) groups is 1. The summed E-state index contributed by atoms with van der Waals surface area (Å²) < 4.78 is 7.98. The maximum Gasteiger partial charge on any atom is 0.237 e. The molecule has 0 saturated carbocycles. The molecule has 1 heterocycles. The molecule has 6 nitrogen and oxygen atoms in total. The summed E-state index contributed by atoms with van der Waals surface area (Å²) in [7, 11) is 0. The van der Waals surface area contributed by atoms with Crippen LogP contribution in [-0.4, -0.2) is 34.8 Å². The largest absolute Gasteiger partial charge is 0.457 e. The van der Waals surface area contributed by atoms with Gasteiger partial charge in [0.25, 0.3) is 0 Å². The lowest BCUT2D eigenvalue weighted by molar-refractivity contribution is -0.122. The Morgan fingerprint density at radius 2 is 1.61 bits per heavy atom. The zero-order chi connectivity index (χ0) is 23.6. The van der Waals surface area contributed by atoms with Crippen molar-refractivity contribution in [3.8, 4) is 17.2 Å². The van der Waals surface area contributed by atoms with E-state index in [9.17, 15) is 4.79 Å². The Labute approximate surface area is 194 Å². The average molecular weight is 446 g/mol. The van der Waals surface area contributed by atoms with Crippen molar-refractivity contribution in [2.45, 2.75) is 26.3 Å². The van der Waals surface area contributed by atoms with E-state index in [0.717, 1.165) is 33.7 Å². The van der Waals surface area contributed by atoms with E-state index in [-0.39, 0.29) is 19.1 Å². The number of aliphatic hydroxyl groups is 1. The fraction of sp³-hybridized carbons (Fsp3) is 0.222. The number of amides is 1. The van der Waals surface area contributed by atoms with E-state index in [0.29, 0.717) is 6.42 Å². The molecule has 0 aliphatic rings. The van der Waals surface area contributed by atoms with Gasteiger partial charge in [-0.05, 0) is 54.4 Å². The molecule has 33 heavy (non-hydrogen) atoms. The lowest BCUT2D eigenvalue weighted by Crippen LogP contribution is -2.42. The average Bonchev–Trinajstić information content (AvgIpc) is 3.23. The normalized spacial score (nSPS) is 11.4. The molecule has 0 radical (unpaired) electrons. The molecule has 0 aliphatic carbocycles. The molecule has 1 atom stereocenters. The van der Waals surface area contributed by atoms with Crippen molar-refractivity contribution in [2.75, 3.05) is 13.2 Å². The minimum absolute atomic E-state index is 0.109. The molecule has 1 amide bonds. The zero-order valence-corrected chi connectivity index (χ0v) is 19.1. The van der Waals surface area contributed by atoms with E-state index in [1.54, 1.807) is 0 Å². The number of hydrogen-bond donors (Lipinski definition) is 3. The van der Waals surface area contributed by atoms with Gasteiger partial charge in [0.1, 0.15) is 11.5 Å². The van der Waals surface area contributed by atoms with Crippen molar-refractivity contribution in [1.29, 1.82) is 0 Å². The number of para-hydroxylation sites is 2. The van der Waals surface area contributed by atoms with Crippen LogP contribution in [0.4, 0.5) is 0 Å². The van der Waals surface area contributed by atoms with Crippen LogP contribution in [0.3, 0.4) is 0 Å². The van der Waals surface area contributed by atoms with Crippen molar-refractivity contribution in [3.63, 3.8) is 0 Å².